The van der Waals surface area contributed by atoms with Crippen molar-refractivity contribution in [2.45, 2.75) is 6.10 Å². The molecular weight excluding hydrogens is 230 g/mol. The number of rotatable bonds is 4. The van der Waals surface area contributed by atoms with Crippen molar-refractivity contribution in [3.05, 3.63) is 11.4 Å². The van der Waals surface area contributed by atoms with Crippen LogP contribution in [0.3, 0.4) is 0 Å². The van der Waals surface area contributed by atoms with E-state index in [4.69, 9.17) is 14.2 Å². The van der Waals surface area contributed by atoms with E-state index in [0.29, 0.717) is 17.4 Å². The minimum absolute atomic E-state index is 0.192. The summed E-state index contributed by atoms with van der Waals surface area (Å²) in [6.45, 7) is 1.25. The van der Waals surface area contributed by atoms with E-state index in [9.17, 15) is 4.79 Å². The van der Waals surface area contributed by atoms with Gasteiger partial charge in [-0.15, -0.1) is 11.3 Å². The van der Waals surface area contributed by atoms with Gasteiger partial charge in [0.25, 0.3) is 0 Å². The number of ether oxygens (including phenoxy) is 3. The maximum Gasteiger partial charge on any atom is 0.415 e. The number of hydrogen-bond donors (Lipinski definition) is 0. The lowest BCUT2D eigenvalue weighted by Gasteiger charge is -2.10. The van der Waals surface area contributed by atoms with Crippen molar-refractivity contribution in [2.75, 3.05) is 27.3 Å². The van der Waals surface area contributed by atoms with E-state index in [0.717, 1.165) is 6.61 Å². The zero-order valence-electron chi connectivity index (χ0n) is 9.13. The summed E-state index contributed by atoms with van der Waals surface area (Å²) in [5.74, 6) is 0.593. The third-order valence-electron chi connectivity index (χ3n) is 1.97. The van der Waals surface area contributed by atoms with Crippen LogP contribution < -0.4 is 9.47 Å². The van der Waals surface area contributed by atoms with Gasteiger partial charge in [-0.05, 0) is 11.4 Å². The van der Waals surface area contributed by atoms with Gasteiger partial charge in [0, 0.05) is 14.1 Å². The Hall–Kier alpha value is -1.27. The summed E-state index contributed by atoms with van der Waals surface area (Å²) in [7, 11) is 3.27. The number of hydrogen-bond acceptors (Lipinski definition) is 5. The zero-order valence-corrected chi connectivity index (χ0v) is 9.95. The number of carbonyl (C=O) groups is 1. The number of amides is 1. The molecule has 1 saturated heterocycles. The second-order valence-electron chi connectivity index (χ2n) is 3.60. The van der Waals surface area contributed by atoms with Crippen LogP contribution in [0.25, 0.3) is 0 Å². The molecule has 1 aromatic rings. The highest BCUT2D eigenvalue weighted by atomic mass is 32.1. The largest absolute Gasteiger partial charge is 0.486 e. The molecule has 0 aliphatic carbocycles. The maximum absolute atomic E-state index is 11.3. The molecule has 88 valence electrons. The highest BCUT2D eigenvalue weighted by Crippen LogP contribution is 2.34. The van der Waals surface area contributed by atoms with Crippen LogP contribution in [0.5, 0.6) is 10.8 Å². The molecule has 16 heavy (non-hydrogen) atoms. The van der Waals surface area contributed by atoms with Gasteiger partial charge in [0.05, 0.1) is 6.61 Å². The SMILES string of the molecule is CN(C)C(=O)Oc1sccc1OCC1CO1. The van der Waals surface area contributed by atoms with E-state index in [-0.39, 0.29) is 6.10 Å². The summed E-state index contributed by atoms with van der Waals surface area (Å²) in [5, 5.41) is 2.31. The standard InChI is InChI=1S/C10H13NO4S/c1-11(2)10(12)15-9-8(3-4-16-9)14-6-7-5-13-7/h3-4,7H,5-6H2,1-2H3. The van der Waals surface area contributed by atoms with Gasteiger partial charge in [-0.25, -0.2) is 4.79 Å². The van der Waals surface area contributed by atoms with Crippen molar-refractivity contribution in [1.82, 2.24) is 4.90 Å². The van der Waals surface area contributed by atoms with Crippen LogP contribution >= 0.6 is 11.3 Å². The van der Waals surface area contributed by atoms with Gasteiger partial charge in [0.1, 0.15) is 12.7 Å². The molecule has 0 radical (unpaired) electrons. The molecule has 0 saturated carbocycles. The van der Waals surface area contributed by atoms with Crippen LogP contribution in [0.1, 0.15) is 0 Å². The highest BCUT2D eigenvalue weighted by molar-refractivity contribution is 7.12. The van der Waals surface area contributed by atoms with E-state index in [2.05, 4.69) is 0 Å². The second kappa shape index (κ2) is 4.71. The normalized spacial score (nSPS) is 18.0. The predicted molar refractivity (Wildman–Crippen MR) is 59.3 cm³/mol. The van der Waals surface area contributed by atoms with Crippen molar-refractivity contribution in [2.24, 2.45) is 0 Å². The van der Waals surface area contributed by atoms with Crippen molar-refractivity contribution in [1.29, 1.82) is 0 Å². The molecule has 1 aromatic heterocycles. The molecule has 1 atom stereocenters. The average Bonchev–Trinajstić information content (AvgIpc) is 2.97. The molecule has 1 fully saturated rings. The fraction of sp³-hybridized carbons (Fsp3) is 0.500. The van der Waals surface area contributed by atoms with E-state index in [1.807, 2.05) is 5.38 Å². The second-order valence-corrected chi connectivity index (χ2v) is 4.48. The van der Waals surface area contributed by atoms with E-state index in [1.165, 1.54) is 16.2 Å². The van der Waals surface area contributed by atoms with E-state index >= 15 is 0 Å². The predicted octanol–water partition coefficient (Wildman–Crippen LogP) is 1.59. The Labute approximate surface area is 97.5 Å². The first-order valence-corrected chi connectivity index (χ1v) is 5.76. The van der Waals surface area contributed by atoms with Crippen LogP contribution in [-0.2, 0) is 4.74 Å². The molecule has 1 aliphatic heterocycles. The summed E-state index contributed by atoms with van der Waals surface area (Å²) in [6.07, 6.45) is -0.215. The van der Waals surface area contributed by atoms with Crippen LogP contribution in [0.15, 0.2) is 11.4 Å². The third kappa shape index (κ3) is 2.86. The summed E-state index contributed by atoms with van der Waals surface area (Å²) < 4.78 is 15.6. The van der Waals surface area contributed by atoms with E-state index < -0.39 is 6.09 Å². The molecule has 0 bridgehead atoms. The number of epoxide rings is 1. The molecular formula is C10H13NO4S. The van der Waals surface area contributed by atoms with Gasteiger partial charge in [-0.1, -0.05) is 0 Å². The Kier molecular flexibility index (Phi) is 3.31. The van der Waals surface area contributed by atoms with E-state index in [1.54, 1.807) is 20.2 Å². The molecule has 0 spiro atoms. The molecule has 2 heterocycles. The summed E-state index contributed by atoms with van der Waals surface area (Å²) >= 11 is 1.33. The number of nitrogens with zero attached hydrogens (tertiary/aromatic N) is 1. The lowest BCUT2D eigenvalue weighted by atomic mass is 10.5. The van der Waals surface area contributed by atoms with Gasteiger partial charge in [-0.2, -0.15) is 0 Å². The lowest BCUT2D eigenvalue weighted by molar-refractivity contribution is 0.170. The smallest absolute Gasteiger partial charge is 0.415 e. The molecule has 1 amide bonds. The number of carbonyl (C=O) groups excluding carboxylic acids is 1. The van der Waals surface area contributed by atoms with Gasteiger partial charge >= 0.3 is 6.09 Å². The molecule has 0 N–H and O–H groups in total. The Balaban J connectivity index is 1.92. The third-order valence-corrected chi connectivity index (χ3v) is 2.74. The van der Waals surface area contributed by atoms with Gasteiger partial charge < -0.3 is 19.1 Å². The van der Waals surface area contributed by atoms with Crippen LogP contribution in [0.2, 0.25) is 0 Å². The van der Waals surface area contributed by atoms with Crippen molar-refractivity contribution < 1.29 is 19.0 Å². The summed E-state index contributed by atoms with van der Waals surface area (Å²) in [5.41, 5.74) is 0. The summed E-state index contributed by atoms with van der Waals surface area (Å²) in [4.78, 5) is 12.7. The van der Waals surface area contributed by atoms with Crippen LogP contribution in [0, 0.1) is 0 Å². The van der Waals surface area contributed by atoms with Gasteiger partial charge in [0.2, 0.25) is 5.06 Å². The molecule has 1 unspecified atom stereocenters. The summed E-state index contributed by atoms with van der Waals surface area (Å²) in [6, 6.07) is 1.78. The fourth-order valence-electron chi connectivity index (χ4n) is 0.983. The lowest BCUT2D eigenvalue weighted by Crippen LogP contribution is -2.25. The molecule has 2 rings (SSSR count). The average molecular weight is 243 g/mol. The Morgan fingerprint density at radius 2 is 2.44 bits per heavy atom. The van der Waals surface area contributed by atoms with Crippen molar-refractivity contribution >= 4 is 17.4 Å². The minimum atomic E-state index is -0.407. The molecule has 1 aliphatic rings. The van der Waals surface area contributed by atoms with Gasteiger partial charge in [-0.3, -0.25) is 0 Å². The first kappa shape index (κ1) is 11.2. The zero-order chi connectivity index (χ0) is 11.5. The molecule has 0 aromatic carbocycles. The van der Waals surface area contributed by atoms with Crippen molar-refractivity contribution in [3.63, 3.8) is 0 Å². The molecule has 5 nitrogen and oxygen atoms in total. The molecule has 6 heteroatoms. The number of thiophene rings is 1. The minimum Gasteiger partial charge on any atom is -0.486 e. The Bertz CT molecular complexity index is 373. The quantitative estimate of drug-likeness (QED) is 0.753. The van der Waals surface area contributed by atoms with Crippen molar-refractivity contribution in [3.8, 4) is 10.8 Å². The fourth-order valence-corrected chi connectivity index (χ4v) is 1.66. The first-order chi connectivity index (χ1) is 7.66. The monoisotopic (exact) mass is 243 g/mol. The van der Waals surface area contributed by atoms with Crippen LogP contribution in [-0.4, -0.2) is 44.4 Å². The Morgan fingerprint density at radius 1 is 1.69 bits per heavy atom. The maximum atomic E-state index is 11.3. The Morgan fingerprint density at radius 3 is 3.06 bits per heavy atom. The highest BCUT2D eigenvalue weighted by Gasteiger charge is 2.24. The van der Waals surface area contributed by atoms with Gasteiger partial charge in [0.15, 0.2) is 5.75 Å². The first-order valence-electron chi connectivity index (χ1n) is 4.88. The topological polar surface area (TPSA) is 51.3 Å². The van der Waals surface area contributed by atoms with Crippen LogP contribution in [0.4, 0.5) is 4.79 Å².